The van der Waals surface area contributed by atoms with Gasteiger partial charge in [0.05, 0.1) is 27.2 Å². The van der Waals surface area contributed by atoms with Crippen molar-refractivity contribution < 1.29 is 19.1 Å². The molecule has 0 aliphatic rings. The van der Waals surface area contributed by atoms with Gasteiger partial charge in [-0.2, -0.15) is 0 Å². The number of nitrogens with zero attached hydrogens (tertiary/aromatic N) is 1. The lowest BCUT2D eigenvalue weighted by Crippen LogP contribution is -2.43. The van der Waals surface area contributed by atoms with Crippen LogP contribution in [0.5, 0.6) is 0 Å². The minimum absolute atomic E-state index is 0.0985. The van der Waals surface area contributed by atoms with Gasteiger partial charge in [0.25, 0.3) is 0 Å². The Bertz CT molecular complexity index is 319. The summed E-state index contributed by atoms with van der Waals surface area (Å²) >= 11 is 0. The van der Waals surface area contributed by atoms with Crippen molar-refractivity contribution in [3.63, 3.8) is 0 Å². The molecule has 1 unspecified atom stereocenters. The number of terminal acetylenes is 1. The van der Waals surface area contributed by atoms with Crippen LogP contribution >= 0.6 is 0 Å². The third-order valence-electron chi connectivity index (χ3n) is 2.16. The minimum Gasteiger partial charge on any atom is -0.469 e. The van der Waals surface area contributed by atoms with E-state index in [2.05, 4.69) is 22.0 Å². The molecule has 0 aromatic carbocycles. The first-order valence-electron chi connectivity index (χ1n) is 5.03. The quantitative estimate of drug-likeness (QED) is 0.361. The first-order valence-corrected chi connectivity index (χ1v) is 5.03. The lowest BCUT2D eigenvalue weighted by molar-refractivity contribution is -0.153. The maximum absolute atomic E-state index is 11.6. The molecule has 0 aliphatic heterocycles. The largest absolute Gasteiger partial charge is 0.469 e. The SMILES string of the molecule is C#CCN(CC=C)C(CC(=O)OC)C(=O)OC. The van der Waals surface area contributed by atoms with E-state index in [9.17, 15) is 9.59 Å². The van der Waals surface area contributed by atoms with Crippen molar-refractivity contribution >= 4 is 11.9 Å². The molecule has 0 aromatic rings. The predicted octanol–water partition coefficient (Wildman–Crippen LogP) is 0.212. The summed E-state index contributed by atoms with van der Waals surface area (Å²) in [5.74, 6) is 1.41. The van der Waals surface area contributed by atoms with Crippen molar-refractivity contribution in [2.45, 2.75) is 12.5 Å². The molecule has 0 heterocycles. The average molecular weight is 239 g/mol. The molecule has 1 atom stereocenters. The van der Waals surface area contributed by atoms with E-state index >= 15 is 0 Å². The van der Waals surface area contributed by atoms with Gasteiger partial charge in [-0.25, -0.2) is 0 Å². The summed E-state index contributed by atoms with van der Waals surface area (Å²) in [5, 5.41) is 0. The molecular weight excluding hydrogens is 222 g/mol. The van der Waals surface area contributed by atoms with Gasteiger partial charge in [0.15, 0.2) is 0 Å². The number of hydrogen-bond donors (Lipinski definition) is 0. The van der Waals surface area contributed by atoms with Crippen LogP contribution in [0.4, 0.5) is 0 Å². The fourth-order valence-electron chi connectivity index (χ4n) is 1.32. The van der Waals surface area contributed by atoms with Gasteiger partial charge in [-0.15, -0.1) is 13.0 Å². The second-order valence-electron chi connectivity index (χ2n) is 3.24. The number of esters is 2. The van der Waals surface area contributed by atoms with Gasteiger partial charge in [0.2, 0.25) is 0 Å². The average Bonchev–Trinajstić information content (AvgIpc) is 2.34. The Morgan fingerprint density at radius 3 is 2.53 bits per heavy atom. The van der Waals surface area contributed by atoms with E-state index in [-0.39, 0.29) is 13.0 Å². The van der Waals surface area contributed by atoms with Crippen LogP contribution in [0.15, 0.2) is 12.7 Å². The molecule has 0 N–H and O–H groups in total. The second-order valence-corrected chi connectivity index (χ2v) is 3.24. The Morgan fingerprint density at radius 2 is 2.12 bits per heavy atom. The molecule has 0 radical (unpaired) electrons. The summed E-state index contributed by atoms with van der Waals surface area (Å²) in [7, 11) is 2.52. The lowest BCUT2D eigenvalue weighted by Gasteiger charge is -2.25. The Morgan fingerprint density at radius 1 is 1.47 bits per heavy atom. The van der Waals surface area contributed by atoms with Gasteiger partial charge in [0, 0.05) is 6.54 Å². The molecule has 0 bridgehead atoms. The highest BCUT2D eigenvalue weighted by Crippen LogP contribution is 2.07. The highest BCUT2D eigenvalue weighted by molar-refractivity contribution is 5.82. The molecule has 5 nitrogen and oxygen atoms in total. The second kappa shape index (κ2) is 8.36. The van der Waals surface area contributed by atoms with Gasteiger partial charge in [-0.3, -0.25) is 14.5 Å². The number of carbonyl (C=O) groups excluding carboxylic acids is 2. The van der Waals surface area contributed by atoms with E-state index in [1.54, 1.807) is 11.0 Å². The first kappa shape index (κ1) is 15.2. The molecule has 0 aromatic heterocycles. The summed E-state index contributed by atoms with van der Waals surface area (Å²) in [6.45, 7) is 4.19. The Balaban J connectivity index is 4.84. The Kier molecular flexibility index (Phi) is 7.48. The molecule has 17 heavy (non-hydrogen) atoms. The van der Waals surface area contributed by atoms with E-state index in [0.29, 0.717) is 6.54 Å². The zero-order valence-electron chi connectivity index (χ0n) is 10.1. The van der Waals surface area contributed by atoms with Crippen LogP contribution in [0, 0.1) is 12.3 Å². The third-order valence-corrected chi connectivity index (χ3v) is 2.16. The maximum atomic E-state index is 11.6. The van der Waals surface area contributed by atoms with Crippen molar-refractivity contribution in [2.75, 3.05) is 27.3 Å². The zero-order valence-corrected chi connectivity index (χ0v) is 10.1. The molecule has 0 rings (SSSR count). The van der Waals surface area contributed by atoms with Gasteiger partial charge in [-0.1, -0.05) is 12.0 Å². The fraction of sp³-hybridized carbons (Fsp3) is 0.500. The standard InChI is InChI=1S/C12H17NO4/c1-5-7-13(8-6-2)10(12(15)17-4)9-11(14)16-3/h1,6,10H,2,7-9H2,3-4H3. The first-order chi connectivity index (χ1) is 8.10. The van der Waals surface area contributed by atoms with Gasteiger partial charge in [0.1, 0.15) is 6.04 Å². The van der Waals surface area contributed by atoms with Gasteiger partial charge < -0.3 is 9.47 Å². The summed E-state index contributed by atoms with van der Waals surface area (Å²) < 4.78 is 9.17. The number of ether oxygens (including phenoxy) is 2. The van der Waals surface area contributed by atoms with E-state index in [0.717, 1.165) is 0 Å². The van der Waals surface area contributed by atoms with Crippen LogP contribution < -0.4 is 0 Å². The molecular formula is C12H17NO4. The molecule has 0 amide bonds. The van der Waals surface area contributed by atoms with E-state index in [1.807, 2.05) is 0 Å². The summed E-state index contributed by atoms with van der Waals surface area (Å²) in [5.41, 5.74) is 0. The zero-order chi connectivity index (χ0) is 13.3. The Labute approximate surface area is 101 Å². The van der Waals surface area contributed by atoms with Gasteiger partial charge >= 0.3 is 11.9 Å². The summed E-state index contributed by atoms with van der Waals surface area (Å²) in [4.78, 5) is 24.4. The summed E-state index contributed by atoms with van der Waals surface area (Å²) in [6.07, 6.45) is 6.71. The van der Waals surface area contributed by atoms with Crippen LogP contribution in [0.25, 0.3) is 0 Å². The molecule has 0 aliphatic carbocycles. The van der Waals surface area contributed by atoms with Crippen LogP contribution in [0.2, 0.25) is 0 Å². The normalized spacial score (nSPS) is 11.4. The van der Waals surface area contributed by atoms with Crippen LogP contribution in [-0.2, 0) is 19.1 Å². The molecule has 5 heteroatoms. The number of hydrogen-bond acceptors (Lipinski definition) is 5. The highest BCUT2D eigenvalue weighted by atomic mass is 16.5. The molecule has 0 fully saturated rings. The Hall–Kier alpha value is -1.80. The third kappa shape index (κ3) is 5.18. The lowest BCUT2D eigenvalue weighted by atomic mass is 10.1. The van der Waals surface area contributed by atoms with Crippen LogP contribution in [0.3, 0.4) is 0 Å². The van der Waals surface area contributed by atoms with Crippen molar-refractivity contribution in [1.29, 1.82) is 0 Å². The van der Waals surface area contributed by atoms with Gasteiger partial charge in [-0.05, 0) is 0 Å². The van der Waals surface area contributed by atoms with Crippen LogP contribution in [0.1, 0.15) is 6.42 Å². The fourth-order valence-corrected chi connectivity index (χ4v) is 1.32. The number of methoxy groups -OCH3 is 2. The smallest absolute Gasteiger partial charge is 0.323 e. The monoisotopic (exact) mass is 239 g/mol. The van der Waals surface area contributed by atoms with Crippen molar-refractivity contribution in [3.05, 3.63) is 12.7 Å². The minimum atomic E-state index is -0.749. The van der Waals surface area contributed by atoms with E-state index in [4.69, 9.17) is 6.42 Å². The molecule has 0 saturated heterocycles. The predicted molar refractivity (Wildman–Crippen MR) is 63.0 cm³/mol. The highest BCUT2D eigenvalue weighted by Gasteiger charge is 2.28. The van der Waals surface area contributed by atoms with Crippen molar-refractivity contribution in [2.24, 2.45) is 0 Å². The van der Waals surface area contributed by atoms with E-state index < -0.39 is 18.0 Å². The van der Waals surface area contributed by atoms with Crippen LogP contribution in [-0.4, -0.2) is 50.2 Å². The molecule has 94 valence electrons. The van der Waals surface area contributed by atoms with E-state index in [1.165, 1.54) is 14.2 Å². The molecule has 0 saturated carbocycles. The molecule has 0 spiro atoms. The summed E-state index contributed by atoms with van der Waals surface area (Å²) in [6, 6.07) is -0.749. The topological polar surface area (TPSA) is 55.8 Å². The van der Waals surface area contributed by atoms with Crippen molar-refractivity contribution in [1.82, 2.24) is 4.90 Å². The number of rotatable bonds is 7. The van der Waals surface area contributed by atoms with Crippen molar-refractivity contribution in [3.8, 4) is 12.3 Å². The maximum Gasteiger partial charge on any atom is 0.323 e. The number of carbonyl (C=O) groups is 2.